The average molecular weight is 393 g/mol. The molecule has 4 heterocycles. The molecule has 1 fully saturated rings. The number of pyridine rings is 1. The molecule has 0 aliphatic carbocycles. The molecule has 3 aromatic heterocycles. The topological polar surface area (TPSA) is 64.5 Å². The van der Waals surface area contributed by atoms with Crippen LogP contribution in [0.3, 0.4) is 0 Å². The molecule has 0 atom stereocenters. The highest BCUT2D eigenvalue weighted by atomic mass is 19.4. The van der Waals surface area contributed by atoms with Crippen LogP contribution in [0.2, 0.25) is 0 Å². The summed E-state index contributed by atoms with van der Waals surface area (Å²) in [6.07, 6.45) is -0.347. The minimum absolute atomic E-state index is 0.133. The Kier molecular flexibility index (Phi) is 4.28. The third-order valence-corrected chi connectivity index (χ3v) is 5.11. The number of carbonyl (C=O) groups is 1. The van der Waals surface area contributed by atoms with E-state index >= 15 is 0 Å². The quantitative estimate of drug-likeness (QED) is 0.671. The average Bonchev–Trinajstić information content (AvgIpc) is 3.23. The van der Waals surface area contributed by atoms with Gasteiger partial charge in [-0.25, -0.2) is 9.48 Å². The third-order valence-electron chi connectivity index (χ3n) is 5.11. The van der Waals surface area contributed by atoms with Crippen LogP contribution in [0.15, 0.2) is 41.5 Å². The largest absolute Gasteiger partial charge is 0.451 e. The highest BCUT2D eigenvalue weighted by Gasteiger charge is 2.39. The molecule has 0 spiro atoms. The second-order valence-electron chi connectivity index (χ2n) is 6.89. The molecule has 0 unspecified atom stereocenters. The third kappa shape index (κ3) is 3.08. The van der Waals surface area contributed by atoms with Crippen LogP contribution >= 0.6 is 0 Å². The van der Waals surface area contributed by atoms with Crippen molar-refractivity contribution in [1.82, 2.24) is 23.6 Å². The Balaban J connectivity index is 1.49. The number of amides is 1. The number of carbonyl (C=O) groups excluding carboxylic acids is 1. The molecule has 0 aromatic carbocycles. The lowest BCUT2D eigenvalue weighted by Crippen LogP contribution is -2.41. The Morgan fingerprint density at radius 2 is 1.93 bits per heavy atom. The fourth-order valence-electron chi connectivity index (χ4n) is 3.61. The lowest BCUT2D eigenvalue weighted by Gasteiger charge is -2.31. The molecule has 1 aliphatic rings. The second kappa shape index (κ2) is 6.54. The van der Waals surface area contributed by atoms with Gasteiger partial charge in [-0.1, -0.05) is 6.07 Å². The van der Waals surface area contributed by atoms with Crippen molar-refractivity contribution in [3.63, 3.8) is 0 Å². The van der Waals surface area contributed by atoms with Crippen LogP contribution in [0.4, 0.5) is 13.2 Å². The van der Waals surface area contributed by atoms with Crippen molar-refractivity contribution >= 4 is 11.4 Å². The van der Waals surface area contributed by atoms with E-state index in [9.17, 15) is 22.8 Å². The minimum atomic E-state index is -4.69. The molecule has 1 aliphatic heterocycles. The maximum absolute atomic E-state index is 13.0. The van der Waals surface area contributed by atoms with Crippen LogP contribution in [0.25, 0.3) is 5.52 Å². The minimum Gasteiger partial charge on any atom is -0.338 e. The van der Waals surface area contributed by atoms with Crippen LogP contribution in [0.1, 0.15) is 35.1 Å². The maximum atomic E-state index is 13.0. The number of hydrogen-bond donors (Lipinski definition) is 0. The van der Waals surface area contributed by atoms with Crippen LogP contribution in [0, 0.1) is 0 Å². The predicted molar refractivity (Wildman–Crippen MR) is 94.0 cm³/mol. The van der Waals surface area contributed by atoms with Crippen molar-refractivity contribution in [2.45, 2.75) is 25.1 Å². The fourth-order valence-corrected chi connectivity index (χ4v) is 3.61. The summed E-state index contributed by atoms with van der Waals surface area (Å²) in [6, 6.07) is 6.98. The molecule has 0 radical (unpaired) electrons. The van der Waals surface area contributed by atoms with Crippen molar-refractivity contribution in [3.05, 3.63) is 58.5 Å². The predicted octanol–water partition coefficient (Wildman–Crippen LogP) is 2.33. The van der Waals surface area contributed by atoms with E-state index in [1.165, 1.54) is 0 Å². The van der Waals surface area contributed by atoms with E-state index in [2.05, 4.69) is 5.10 Å². The van der Waals surface area contributed by atoms with Gasteiger partial charge in [-0.05, 0) is 31.0 Å². The normalized spacial score (nSPS) is 16.1. The number of fused-ring (bicyclic) bond motifs is 1. The molecule has 0 saturated carbocycles. The van der Waals surface area contributed by atoms with Crippen molar-refractivity contribution < 1.29 is 18.0 Å². The summed E-state index contributed by atoms with van der Waals surface area (Å²) >= 11 is 0. The molecule has 10 heteroatoms. The monoisotopic (exact) mass is 393 g/mol. The van der Waals surface area contributed by atoms with E-state index in [-0.39, 0.29) is 5.91 Å². The molecule has 0 bridgehead atoms. The van der Waals surface area contributed by atoms with Crippen molar-refractivity contribution in [3.8, 4) is 0 Å². The molecular formula is C18H18F3N5O2. The molecule has 1 amide bonds. The van der Waals surface area contributed by atoms with Crippen LogP contribution in [-0.4, -0.2) is 42.6 Å². The van der Waals surface area contributed by atoms with Gasteiger partial charge in [0.15, 0.2) is 0 Å². The SMILES string of the molecule is Cn1c(C(F)(F)F)nn(C2CCN(C(=O)c3cc4ccccn4c3)CC2)c1=O. The highest BCUT2D eigenvalue weighted by Crippen LogP contribution is 2.28. The summed E-state index contributed by atoms with van der Waals surface area (Å²) in [5.74, 6) is -1.34. The van der Waals surface area contributed by atoms with E-state index in [1.54, 1.807) is 17.2 Å². The number of aromatic nitrogens is 4. The van der Waals surface area contributed by atoms with Gasteiger partial charge in [0.2, 0.25) is 5.82 Å². The summed E-state index contributed by atoms with van der Waals surface area (Å²) < 4.78 is 42.2. The molecule has 4 rings (SSSR count). The van der Waals surface area contributed by atoms with Crippen LogP contribution < -0.4 is 5.69 Å². The zero-order valence-electron chi connectivity index (χ0n) is 15.1. The number of halogens is 3. The number of likely N-dealkylation sites (tertiary alicyclic amines) is 1. The molecule has 7 nitrogen and oxygen atoms in total. The van der Waals surface area contributed by atoms with Gasteiger partial charge >= 0.3 is 11.9 Å². The zero-order valence-corrected chi connectivity index (χ0v) is 15.1. The number of alkyl halides is 3. The molecule has 28 heavy (non-hydrogen) atoms. The summed E-state index contributed by atoms with van der Waals surface area (Å²) in [4.78, 5) is 26.6. The van der Waals surface area contributed by atoms with E-state index in [0.717, 1.165) is 17.2 Å². The number of hydrogen-bond acceptors (Lipinski definition) is 3. The Labute approximate surface area is 157 Å². The second-order valence-corrected chi connectivity index (χ2v) is 6.89. The van der Waals surface area contributed by atoms with Gasteiger partial charge in [0.1, 0.15) is 0 Å². The lowest BCUT2D eigenvalue weighted by molar-refractivity contribution is -0.147. The van der Waals surface area contributed by atoms with Crippen LogP contribution in [0.5, 0.6) is 0 Å². The van der Waals surface area contributed by atoms with Gasteiger partial charge in [-0.3, -0.25) is 9.36 Å². The molecule has 3 aromatic rings. The van der Waals surface area contributed by atoms with E-state index in [4.69, 9.17) is 0 Å². The standard InChI is InChI=1S/C18H18F3N5O2/c1-23-16(18(19,20)21)22-26(17(23)28)13-5-8-24(9-6-13)15(27)12-10-14-4-2-3-7-25(14)11-12/h2-4,7,10-11,13H,5-6,8-9H2,1H3. The Hall–Kier alpha value is -3.04. The lowest BCUT2D eigenvalue weighted by atomic mass is 10.0. The Morgan fingerprint density at radius 3 is 2.54 bits per heavy atom. The molecular weight excluding hydrogens is 375 g/mol. The molecule has 148 valence electrons. The smallest absolute Gasteiger partial charge is 0.338 e. The van der Waals surface area contributed by atoms with Crippen LogP contribution in [-0.2, 0) is 13.2 Å². The van der Waals surface area contributed by atoms with Crippen molar-refractivity contribution in [2.75, 3.05) is 13.1 Å². The first-order chi connectivity index (χ1) is 13.3. The van der Waals surface area contributed by atoms with E-state index in [1.807, 2.05) is 28.8 Å². The van der Waals surface area contributed by atoms with E-state index < -0.39 is 23.7 Å². The maximum Gasteiger partial charge on any atom is 0.451 e. The first-order valence-electron chi connectivity index (χ1n) is 8.84. The van der Waals surface area contributed by atoms with Gasteiger partial charge < -0.3 is 9.30 Å². The van der Waals surface area contributed by atoms with Gasteiger partial charge in [-0.15, -0.1) is 5.10 Å². The first kappa shape index (κ1) is 18.3. The first-order valence-corrected chi connectivity index (χ1v) is 8.84. The highest BCUT2D eigenvalue weighted by molar-refractivity contribution is 5.95. The van der Waals surface area contributed by atoms with Crippen molar-refractivity contribution in [1.29, 1.82) is 0 Å². The summed E-state index contributed by atoms with van der Waals surface area (Å²) in [5.41, 5.74) is 0.662. The fraction of sp³-hybridized carbons (Fsp3) is 0.389. The number of piperidine rings is 1. The summed E-state index contributed by atoms with van der Waals surface area (Å²) in [7, 11) is 1.06. The number of rotatable bonds is 2. The van der Waals surface area contributed by atoms with Crippen molar-refractivity contribution in [2.24, 2.45) is 7.05 Å². The van der Waals surface area contributed by atoms with Gasteiger partial charge in [0, 0.05) is 38.0 Å². The number of nitrogens with zero attached hydrogens (tertiary/aromatic N) is 5. The summed E-state index contributed by atoms with van der Waals surface area (Å²) in [5, 5.41) is 3.50. The van der Waals surface area contributed by atoms with Gasteiger partial charge in [0.25, 0.3) is 5.91 Å². The summed E-state index contributed by atoms with van der Waals surface area (Å²) in [6.45, 7) is 0.695. The Morgan fingerprint density at radius 1 is 1.21 bits per heavy atom. The van der Waals surface area contributed by atoms with Gasteiger partial charge in [0.05, 0.1) is 11.6 Å². The molecule has 1 saturated heterocycles. The molecule has 0 N–H and O–H groups in total. The van der Waals surface area contributed by atoms with Gasteiger partial charge in [-0.2, -0.15) is 13.2 Å². The Bertz CT molecular complexity index is 1050. The van der Waals surface area contributed by atoms with E-state index in [0.29, 0.717) is 36.1 Å². The zero-order chi connectivity index (χ0) is 20.1.